The van der Waals surface area contributed by atoms with E-state index in [9.17, 15) is 4.79 Å². The molecule has 0 saturated carbocycles. The van der Waals surface area contributed by atoms with Gasteiger partial charge in [-0.1, -0.05) is 139 Å². The van der Waals surface area contributed by atoms with Crippen LogP contribution in [0.3, 0.4) is 0 Å². The summed E-state index contributed by atoms with van der Waals surface area (Å²) in [5.41, 5.74) is 6.99. The van der Waals surface area contributed by atoms with Crippen molar-refractivity contribution in [3.05, 3.63) is 113 Å². The molecule has 0 spiro atoms. The number of carbonyl (C=O) groups excluding carboxylic acids is 1. The van der Waals surface area contributed by atoms with Crippen LogP contribution in [0.25, 0.3) is 0 Å². The first-order valence-electron chi connectivity index (χ1n) is 16.7. The largest absolute Gasteiger partial charge is 0.497 e. The average Bonchev–Trinajstić information content (AvgIpc) is 3.01. The van der Waals surface area contributed by atoms with Gasteiger partial charge < -0.3 is 10.1 Å². The molecule has 0 aliphatic heterocycles. The van der Waals surface area contributed by atoms with Crippen LogP contribution in [0.1, 0.15) is 113 Å². The molecule has 0 aromatic heterocycles. The molecule has 1 aromatic rings. The van der Waals surface area contributed by atoms with Gasteiger partial charge in [0.1, 0.15) is 5.75 Å². The van der Waals surface area contributed by atoms with Crippen molar-refractivity contribution < 1.29 is 9.53 Å². The fourth-order valence-electron chi connectivity index (χ4n) is 4.50. The van der Waals surface area contributed by atoms with Gasteiger partial charge in [0.15, 0.2) is 5.78 Å². The van der Waals surface area contributed by atoms with Crippen LogP contribution >= 0.6 is 0 Å². The predicted molar refractivity (Wildman–Crippen MR) is 195 cm³/mol. The minimum Gasteiger partial charge on any atom is -0.497 e. The van der Waals surface area contributed by atoms with E-state index in [1.807, 2.05) is 37.3 Å². The van der Waals surface area contributed by atoms with Crippen molar-refractivity contribution in [3.8, 4) is 5.75 Å². The summed E-state index contributed by atoms with van der Waals surface area (Å²) in [5, 5.41) is 3.44. The number of methoxy groups -OCH3 is 1. The first-order valence-corrected chi connectivity index (χ1v) is 16.7. The molecular formula is C41H63NO2. The number of hydrogen-bond acceptors (Lipinski definition) is 3. The summed E-state index contributed by atoms with van der Waals surface area (Å²) in [5.74, 6) is 1.96. The molecule has 0 bridgehead atoms. The maximum Gasteiger partial charge on any atom is 0.159 e. The molecule has 44 heavy (non-hydrogen) atoms. The second-order valence-electron chi connectivity index (χ2n) is 11.7. The quantitative estimate of drug-likeness (QED) is 0.123. The van der Waals surface area contributed by atoms with Crippen LogP contribution in [0.5, 0.6) is 5.75 Å². The van der Waals surface area contributed by atoms with E-state index in [-0.39, 0.29) is 5.78 Å². The Morgan fingerprint density at radius 3 is 2.14 bits per heavy atom. The Labute approximate surface area is 271 Å². The molecule has 0 saturated heterocycles. The first kappa shape index (κ1) is 40.7. The number of Topliss-reactive ketones (excluding diaryl/α,β-unsaturated/α-hetero) is 1. The molecule has 0 heterocycles. The third kappa shape index (κ3) is 17.7. The van der Waals surface area contributed by atoms with Crippen molar-refractivity contribution in [2.75, 3.05) is 7.11 Å². The highest BCUT2D eigenvalue weighted by atomic mass is 16.5. The number of ether oxygens (including phenoxy) is 1. The second kappa shape index (κ2) is 25.0. The molecule has 1 aromatic carbocycles. The van der Waals surface area contributed by atoms with Crippen molar-refractivity contribution in [2.24, 2.45) is 11.8 Å². The van der Waals surface area contributed by atoms with Crippen molar-refractivity contribution in [2.45, 2.75) is 114 Å². The monoisotopic (exact) mass is 601 g/mol. The maximum absolute atomic E-state index is 11.3. The Morgan fingerprint density at radius 1 is 1.02 bits per heavy atom. The van der Waals surface area contributed by atoms with Gasteiger partial charge in [-0.2, -0.15) is 0 Å². The molecule has 1 atom stereocenters. The molecule has 3 heteroatoms. The Balaban J connectivity index is 0.000000711. The van der Waals surface area contributed by atoms with Crippen LogP contribution in [0.15, 0.2) is 107 Å². The number of rotatable bonds is 15. The summed E-state index contributed by atoms with van der Waals surface area (Å²) < 4.78 is 5.17. The Bertz CT molecular complexity index is 1140. The van der Waals surface area contributed by atoms with Crippen LogP contribution in [0.4, 0.5) is 0 Å². The lowest BCUT2D eigenvalue weighted by atomic mass is 9.89. The normalized spacial score (nSPS) is 16.0. The van der Waals surface area contributed by atoms with Crippen LogP contribution in [-0.4, -0.2) is 12.9 Å². The molecule has 0 fully saturated rings. The Kier molecular flexibility index (Phi) is 23.1. The van der Waals surface area contributed by atoms with Gasteiger partial charge in [-0.25, -0.2) is 0 Å². The van der Waals surface area contributed by atoms with Gasteiger partial charge >= 0.3 is 0 Å². The highest BCUT2D eigenvalue weighted by Crippen LogP contribution is 2.25. The second-order valence-corrected chi connectivity index (χ2v) is 11.7. The van der Waals surface area contributed by atoms with Gasteiger partial charge in [0.05, 0.1) is 7.11 Å². The molecule has 1 aliphatic rings. The highest BCUT2D eigenvalue weighted by molar-refractivity contribution is 5.96. The summed E-state index contributed by atoms with van der Waals surface area (Å²) >= 11 is 0. The number of unbranched alkanes of at least 4 members (excludes halogenated alkanes) is 4. The van der Waals surface area contributed by atoms with E-state index < -0.39 is 0 Å². The standard InChI is InChI=1S/C19H25NO.C15H22O.C7H16/c1-4-5-17-9-6-15(2)12-18(17)14-20-13-16-7-10-19(21-3)11-8-16;1-7-9-15(12(5)11(3)4)10-14(8-2)13(6)16;1-3-5-7-6-4-2/h6-12,14,17,20H,4-5,13H2,1-3H3;7-11H,2H2,1,3-6H3;3-7H2,1-2H3/b18-14-;9-7-,14-10+,15-12-;. The minimum atomic E-state index is 0.0496. The van der Waals surface area contributed by atoms with E-state index in [1.54, 1.807) is 20.1 Å². The van der Waals surface area contributed by atoms with E-state index in [1.165, 1.54) is 67.2 Å². The number of nitrogens with one attached hydrogen (secondary N) is 1. The van der Waals surface area contributed by atoms with Gasteiger partial charge in [-0.3, -0.25) is 4.79 Å². The topological polar surface area (TPSA) is 38.3 Å². The number of carbonyl (C=O) groups is 1. The molecular weight excluding hydrogens is 538 g/mol. The third-order valence-electron chi connectivity index (χ3n) is 7.56. The third-order valence-corrected chi connectivity index (χ3v) is 7.56. The van der Waals surface area contributed by atoms with Gasteiger partial charge in [0.2, 0.25) is 0 Å². The van der Waals surface area contributed by atoms with Crippen LogP contribution < -0.4 is 10.1 Å². The molecule has 1 unspecified atom stereocenters. The van der Waals surface area contributed by atoms with Crippen LogP contribution in [0, 0.1) is 11.8 Å². The van der Waals surface area contributed by atoms with Crippen molar-refractivity contribution in [3.63, 3.8) is 0 Å². The van der Waals surface area contributed by atoms with Crippen molar-refractivity contribution in [1.82, 2.24) is 5.32 Å². The molecule has 0 amide bonds. The predicted octanol–water partition coefficient (Wildman–Crippen LogP) is 11.8. The smallest absolute Gasteiger partial charge is 0.159 e. The zero-order chi connectivity index (χ0) is 33.3. The summed E-state index contributed by atoms with van der Waals surface area (Å²) in [4.78, 5) is 11.3. The number of allylic oxidation sites excluding steroid dienone is 12. The van der Waals surface area contributed by atoms with Crippen LogP contribution in [-0.2, 0) is 11.3 Å². The molecule has 244 valence electrons. The van der Waals surface area contributed by atoms with E-state index >= 15 is 0 Å². The molecule has 3 nitrogen and oxygen atoms in total. The van der Waals surface area contributed by atoms with Crippen molar-refractivity contribution in [1.29, 1.82) is 0 Å². The van der Waals surface area contributed by atoms with Gasteiger partial charge in [0, 0.05) is 24.2 Å². The number of ketones is 1. The van der Waals surface area contributed by atoms with Crippen molar-refractivity contribution >= 4 is 5.78 Å². The maximum atomic E-state index is 11.3. The summed E-state index contributed by atoms with van der Waals surface area (Å²) in [6.07, 6.45) is 25.9. The number of benzene rings is 1. The minimum absolute atomic E-state index is 0.0496. The first-order chi connectivity index (χ1) is 21.1. The average molecular weight is 602 g/mol. The fraction of sp³-hybridized carbons (Fsp3) is 0.488. The van der Waals surface area contributed by atoms with Gasteiger partial charge in [-0.15, -0.1) is 0 Å². The summed E-state index contributed by atoms with van der Waals surface area (Å²) in [6, 6.07) is 8.18. The van der Waals surface area contributed by atoms with E-state index in [0.717, 1.165) is 17.9 Å². The SMILES string of the molecule is C=C\C(=C/C(/C=C\C)=C(/C)C(C)C)C(C)=O.CCCC1C=CC(C)=C/C1=C/NCc1ccc(OC)cc1.CCCCCCC. The van der Waals surface area contributed by atoms with Crippen LogP contribution in [0.2, 0.25) is 0 Å². The lowest BCUT2D eigenvalue weighted by molar-refractivity contribution is -0.113. The lowest BCUT2D eigenvalue weighted by Crippen LogP contribution is -2.10. The highest BCUT2D eigenvalue weighted by Gasteiger charge is 2.12. The molecule has 0 radical (unpaired) electrons. The summed E-state index contributed by atoms with van der Waals surface area (Å²) in [7, 11) is 1.69. The van der Waals surface area contributed by atoms with E-state index in [2.05, 4.69) is 96.9 Å². The molecule has 1 N–H and O–H groups in total. The summed E-state index contributed by atoms with van der Waals surface area (Å²) in [6.45, 7) is 23.3. The number of hydrogen-bond donors (Lipinski definition) is 1. The molecule has 1 aliphatic carbocycles. The van der Waals surface area contributed by atoms with Gasteiger partial charge in [-0.05, 0) is 75.0 Å². The van der Waals surface area contributed by atoms with Gasteiger partial charge in [0.25, 0.3) is 0 Å². The lowest BCUT2D eigenvalue weighted by Gasteiger charge is -2.18. The zero-order valence-corrected chi connectivity index (χ0v) is 29.8. The Hall–Kier alpha value is -3.33. The van der Waals surface area contributed by atoms with E-state index in [4.69, 9.17) is 4.74 Å². The molecule has 2 rings (SSSR count). The Morgan fingerprint density at radius 2 is 1.66 bits per heavy atom. The fourth-order valence-corrected chi connectivity index (χ4v) is 4.50. The zero-order valence-electron chi connectivity index (χ0n) is 29.8. The van der Waals surface area contributed by atoms with E-state index in [0.29, 0.717) is 17.4 Å².